The summed E-state index contributed by atoms with van der Waals surface area (Å²) in [5.74, 6) is 0. The first kappa shape index (κ1) is 15.4. The van der Waals surface area contributed by atoms with E-state index in [1.165, 1.54) is 38.7 Å². The van der Waals surface area contributed by atoms with E-state index in [0.29, 0.717) is 6.04 Å². The fraction of sp³-hybridized carbons (Fsp3) is 0.167. The van der Waals surface area contributed by atoms with Gasteiger partial charge < -0.3 is 10.3 Å². The Bertz CT molecular complexity index is 1020. The third-order valence-electron chi connectivity index (χ3n) is 5.49. The molecule has 0 aliphatic heterocycles. The zero-order chi connectivity index (χ0) is 17.3. The predicted octanol–water partition coefficient (Wildman–Crippen LogP) is 5.09. The molecule has 0 saturated heterocycles. The normalized spacial score (nSPS) is 14.0. The van der Waals surface area contributed by atoms with Gasteiger partial charge in [-0.1, -0.05) is 60.7 Å². The van der Waals surface area contributed by atoms with Gasteiger partial charge in [-0.3, -0.25) is 0 Å². The molecule has 26 heavy (non-hydrogen) atoms. The zero-order valence-corrected chi connectivity index (χ0v) is 14.7. The minimum atomic E-state index is 0.558. The quantitative estimate of drug-likeness (QED) is 0.533. The van der Waals surface area contributed by atoms with Crippen LogP contribution in [-0.4, -0.2) is 11.0 Å². The van der Waals surface area contributed by atoms with Crippen molar-refractivity contribution in [2.75, 3.05) is 0 Å². The second-order valence-electron chi connectivity index (χ2n) is 7.23. The number of H-pyrrole nitrogens is 1. The standard InChI is InChI=1S/C24H22N2/c1-2-4-21-14-23(13-20(21)3-1)26-16-17-5-7-18(8-6-17)22-10-9-19-11-12-25-24(19)15-22/h1-12,15,23,25-26H,13-14,16H2. The average molecular weight is 338 g/mol. The van der Waals surface area contributed by atoms with Crippen molar-refractivity contribution in [2.45, 2.75) is 25.4 Å². The summed E-state index contributed by atoms with van der Waals surface area (Å²) in [5.41, 5.74) is 8.05. The van der Waals surface area contributed by atoms with Crippen molar-refractivity contribution in [3.8, 4) is 11.1 Å². The fourth-order valence-electron chi connectivity index (χ4n) is 4.01. The van der Waals surface area contributed by atoms with Crippen LogP contribution in [-0.2, 0) is 19.4 Å². The highest BCUT2D eigenvalue weighted by atomic mass is 14.9. The second kappa shape index (κ2) is 6.47. The molecule has 0 bridgehead atoms. The van der Waals surface area contributed by atoms with Crippen LogP contribution in [0.25, 0.3) is 22.0 Å². The molecule has 0 amide bonds. The number of hydrogen-bond donors (Lipinski definition) is 2. The van der Waals surface area contributed by atoms with Crippen molar-refractivity contribution in [3.63, 3.8) is 0 Å². The molecule has 1 aliphatic rings. The molecule has 0 unspecified atom stereocenters. The molecule has 1 heterocycles. The van der Waals surface area contributed by atoms with E-state index in [-0.39, 0.29) is 0 Å². The van der Waals surface area contributed by atoms with Crippen molar-refractivity contribution in [1.29, 1.82) is 0 Å². The lowest BCUT2D eigenvalue weighted by Crippen LogP contribution is -2.28. The molecule has 128 valence electrons. The van der Waals surface area contributed by atoms with Crippen LogP contribution in [0.4, 0.5) is 0 Å². The SMILES string of the molecule is c1ccc2c(c1)CC(NCc1ccc(-c3ccc4cc[nH]c4c3)cc1)C2. The van der Waals surface area contributed by atoms with E-state index in [0.717, 1.165) is 19.4 Å². The molecule has 5 rings (SSSR count). The third-order valence-corrected chi connectivity index (χ3v) is 5.49. The Balaban J connectivity index is 1.25. The molecule has 2 N–H and O–H groups in total. The number of nitrogens with one attached hydrogen (secondary N) is 2. The van der Waals surface area contributed by atoms with E-state index in [1.807, 2.05) is 6.20 Å². The number of benzene rings is 3. The van der Waals surface area contributed by atoms with Crippen LogP contribution in [0.3, 0.4) is 0 Å². The molecule has 0 radical (unpaired) electrons. The highest BCUT2D eigenvalue weighted by Gasteiger charge is 2.19. The van der Waals surface area contributed by atoms with Crippen molar-refractivity contribution in [3.05, 3.63) is 95.7 Å². The highest BCUT2D eigenvalue weighted by Crippen LogP contribution is 2.25. The van der Waals surface area contributed by atoms with Crippen molar-refractivity contribution in [2.24, 2.45) is 0 Å². The maximum atomic E-state index is 3.72. The van der Waals surface area contributed by atoms with Crippen molar-refractivity contribution in [1.82, 2.24) is 10.3 Å². The van der Waals surface area contributed by atoms with Gasteiger partial charge in [0.1, 0.15) is 0 Å². The molecule has 2 heteroatoms. The third kappa shape index (κ3) is 2.93. The number of fused-ring (bicyclic) bond motifs is 2. The van der Waals surface area contributed by atoms with Gasteiger partial charge in [0.2, 0.25) is 0 Å². The maximum Gasteiger partial charge on any atom is 0.0460 e. The van der Waals surface area contributed by atoms with Crippen molar-refractivity contribution < 1.29 is 0 Å². The predicted molar refractivity (Wildman–Crippen MR) is 108 cm³/mol. The van der Waals surface area contributed by atoms with E-state index < -0.39 is 0 Å². The number of rotatable bonds is 4. The van der Waals surface area contributed by atoms with Crippen LogP contribution < -0.4 is 5.32 Å². The molecule has 2 nitrogen and oxygen atoms in total. The Hall–Kier alpha value is -2.84. The first-order valence-corrected chi connectivity index (χ1v) is 9.32. The lowest BCUT2D eigenvalue weighted by Gasteiger charge is -2.12. The maximum absolute atomic E-state index is 3.72. The van der Waals surface area contributed by atoms with Crippen LogP contribution in [0.2, 0.25) is 0 Å². The van der Waals surface area contributed by atoms with Crippen LogP contribution >= 0.6 is 0 Å². The Morgan fingerprint density at radius 2 is 1.54 bits per heavy atom. The summed E-state index contributed by atoms with van der Waals surface area (Å²) < 4.78 is 0. The Morgan fingerprint density at radius 3 is 2.31 bits per heavy atom. The van der Waals surface area contributed by atoms with Crippen molar-refractivity contribution >= 4 is 10.9 Å². The van der Waals surface area contributed by atoms with Gasteiger partial charge in [0.05, 0.1) is 0 Å². The van der Waals surface area contributed by atoms with Crippen LogP contribution in [0.5, 0.6) is 0 Å². The van der Waals surface area contributed by atoms with Crippen LogP contribution in [0.15, 0.2) is 79.0 Å². The largest absolute Gasteiger partial charge is 0.361 e. The van der Waals surface area contributed by atoms with E-state index >= 15 is 0 Å². The Labute approximate surface area is 153 Å². The monoisotopic (exact) mass is 338 g/mol. The second-order valence-corrected chi connectivity index (χ2v) is 7.23. The topological polar surface area (TPSA) is 27.8 Å². The number of aromatic amines is 1. The smallest absolute Gasteiger partial charge is 0.0460 e. The molecular formula is C24H22N2. The summed E-state index contributed by atoms with van der Waals surface area (Å²) in [4.78, 5) is 3.29. The number of aromatic nitrogens is 1. The summed E-state index contributed by atoms with van der Waals surface area (Å²) in [5, 5.41) is 4.98. The highest BCUT2D eigenvalue weighted by molar-refractivity contribution is 5.84. The summed E-state index contributed by atoms with van der Waals surface area (Å²) in [6.07, 6.45) is 4.28. The van der Waals surface area contributed by atoms with Gasteiger partial charge >= 0.3 is 0 Å². The minimum Gasteiger partial charge on any atom is -0.361 e. The molecule has 0 spiro atoms. The molecular weight excluding hydrogens is 316 g/mol. The van der Waals surface area contributed by atoms with Gasteiger partial charge in [-0.05, 0) is 58.2 Å². The number of hydrogen-bond acceptors (Lipinski definition) is 1. The summed E-state index contributed by atoms with van der Waals surface area (Å²) in [6, 6.07) is 27.0. The molecule has 3 aromatic carbocycles. The van der Waals surface area contributed by atoms with Gasteiger partial charge in [0.25, 0.3) is 0 Å². The zero-order valence-electron chi connectivity index (χ0n) is 14.7. The van der Waals surface area contributed by atoms with E-state index in [9.17, 15) is 0 Å². The van der Waals surface area contributed by atoms with E-state index in [1.54, 1.807) is 0 Å². The molecule has 0 fully saturated rings. The lowest BCUT2D eigenvalue weighted by atomic mass is 10.0. The molecule has 4 aromatic rings. The lowest BCUT2D eigenvalue weighted by molar-refractivity contribution is 0.533. The molecule has 1 aliphatic carbocycles. The molecule has 0 saturated carbocycles. The van der Waals surface area contributed by atoms with Gasteiger partial charge in [-0.25, -0.2) is 0 Å². The average Bonchev–Trinajstić information content (AvgIpc) is 3.32. The van der Waals surface area contributed by atoms with E-state index in [2.05, 4.69) is 83.1 Å². The fourth-order valence-corrected chi connectivity index (χ4v) is 4.01. The van der Waals surface area contributed by atoms with Gasteiger partial charge in [0, 0.05) is 24.3 Å². The first-order valence-electron chi connectivity index (χ1n) is 9.32. The Morgan fingerprint density at radius 1 is 0.808 bits per heavy atom. The Kier molecular flexibility index (Phi) is 3.84. The van der Waals surface area contributed by atoms with Gasteiger partial charge in [-0.15, -0.1) is 0 Å². The molecule has 1 aromatic heterocycles. The van der Waals surface area contributed by atoms with Crippen LogP contribution in [0.1, 0.15) is 16.7 Å². The summed E-state index contributed by atoms with van der Waals surface area (Å²) in [6.45, 7) is 0.925. The minimum absolute atomic E-state index is 0.558. The molecule has 0 atom stereocenters. The van der Waals surface area contributed by atoms with Crippen LogP contribution in [0, 0.1) is 0 Å². The first-order chi connectivity index (χ1) is 12.8. The van der Waals surface area contributed by atoms with Gasteiger partial charge in [0.15, 0.2) is 0 Å². The summed E-state index contributed by atoms with van der Waals surface area (Å²) in [7, 11) is 0. The summed E-state index contributed by atoms with van der Waals surface area (Å²) >= 11 is 0. The van der Waals surface area contributed by atoms with Gasteiger partial charge in [-0.2, -0.15) is 0 Å². The van der Waals surface area contributed by atoms with E-state index in [4.69, 9.17) is 0 Å².